The van der Waals surface area contributed by atoms with Crippen LogP contribution in [0.5, 0.6) is 0 Å². The lowest BCUT2D eigenvalue weighted by Gasteiger charge is -2.34. The first kappa shape index (κ1) is 14.5. The van der Waals surface area contributed by atoms with Gasteiger partial charge in [-0.3, -0.25) is 0 Å². The Labute approximate surface area is 116 Å². The molecule has 108 valence electrons. The first-order chi connectivity index (χ1) is 8.75. The van der Waals surface area contributed by atoms with Gasteiger partial charge in [0, 0.05) is 11.5 Å². The Morgan fingerprint density at radius 3 is 2.47 bits per heavy atom. The highest BCUT2D eigenvalue weighted by atomic mass is 16.5. The van der Waals surface area contributed by atoms with E-state index in [-0.39, 0.29) is 5.41 Å². The van der Waals surface area contributed by atoms with Crippen LogP contribution < -0.4 is 5.73 Å². The molecule has 1 aliphatic rings. The molecule has 1 aromatic heterocycles. The number of nitrogens with two attached hydrogens (primary N) is 1. The van der Waals surface area contributed by atoms with Crippen molar-refractivity contribution in [2.45, 2.75) is 77.2 Å². The first-order valence-corrected chi connectivity index (χ1v) is 7.38. The highest BCUT2D eigenvalue weighted by Gasteiger charge is 2.41. The molecular formula is C15H27N3O. The molecule has 1 saturated carbocycles. The van der Waals surface area contributed by atoms with E-state index in [1.54, 1.807) is 0 Å². The fourth-order valence-corrected chi connectivity index (χ4v) is 2.61. The van der Waals surface area contributed by atoms with Crippen molar-refractivity contribution in [1.29, 1.82) is 0 Å². The van der Waals surface area contributed by atoms with Crippen LogP contribution in [0, 0.1) is 5.92 Å². The van der Waals surface area contributed by atoms with Gasteiger partial charge in [-0.1, -0.05) is 18.5 Å². The average Bonchev–Trinajstić information content (AvgIpc) is 2.96. The topological polar surface area (TPSA) is 64.9 Å². The first-order valence-electron chi connectivity index (χ1n) is 7.38. The summed E-state index contributed by atoms with van der Waals surface area (Å²) in [6.45, 7) is 10.4. The summed E-state index contributed by atoms with van der Waals surface area (Å²) in [6, 6.07) is 0. The monoisotopic (exact) mass is 265 g/mol. The number of hydrogen-bond donors (Lipinski definition) is 1. The number of hydrogen-bond acceptors (Lipinski definition) is 4. The van der Waals surface area contributed by atoms with Gasteiger partial charge in [0.05, 0.1) is 5.41 Å². The molecule has 2 unspecified atom stereocenters. The maximum absolute atomic E-state index is 6.22. The predicted molar refractivity (Wildman–Crippen MR) is 76.0 cm³/mol. The van der Waals surface area contributed by atoms with E-state index in [0.717, 1.165) is 11.7 Å². The third-order valence-corrected chi connectivity index (χ3v) is 5.07. The summed E-state index contributed by atoms with van der Waals surface area (Å²) in [5, 5.41) is 4.21. The van der Waals surface area contributed by atoms with Gasteiger partial charge in [0.1, 0.15) is 0 Å². The van der Waals surface area contributed by atoms with Crippen LogP contribution in [0.4, 0.5) is 0 Å². The zero-order chi connectivity index (χ0) is 14.3. The van der Waals surface area contributed by atoms with Gasteiger partial charge in [-0.2, -0.15) is 4.98 Å². The zero-order valence-electron chi connectivity index (χ0n) is 12.9. The number of rotatable bonds is 4. The van der Waals surface area contributed by atoms with Crippen molar-refractivity contribution < 1.29 is 4.52 Å². The second kappa shape index (κ2) is 4.89. The van der Waals surface area contributed by atoms with Crippen molar-refractivity contribution in [2.75, 3.05) is 0 Å². The third kappa shape index (κ3) is 2.69. The molecule has 0 saturated heterocycles. The fourth-order valence-electron chi connectivity index (χ4n) is 2.61. The lowest BCUT2D eigenvalue weighted by Crippen LogP contribution is -2.50. The molecule has 1 aliphatic carbocycles. The molecule has 1 aromatic rings. The minimum absolute atomic E-state index is 0.318. The van der Waals surface area contributed by atoms with E-state index < -0.39 is 5.54 Å². The van der Waals surface area contributed by atoms with Crippen LogP contribution in [0.15, 0.2) is 4.52 Å². The minimum Gasteiger partial charge on any atom is -0.339 e. The summed E-state index contributed by atoms with van der Waals surface area (Å²) in [6.07, 6.45) is 4.92. The highest BCUT2D eigenvalue weighted by Crippen LogP contribution is 2.39. The molecule has 1 fully saturated rings. The largest absolute Gasteiger partial charge is 0.339 e. The Morgan fingerprint density at radius 2 is 1.95 bits per heavy atom. The Kier molecular flexibility index (Phi) is 3.74. The Balaban J connectivity index is 2.16. The van der Waals surface area contributed by atoms with Crippen LogP contribution in [-0.4, -0.2) is 15.7 Å². The van der Waals surface area contributed by atoms with Crippen LogP contribution in [0.3, 0.4) is 0 Å². The van der Waals surface area contributed by atoms with Gasteiger partial charge in [-0.25, -0.2) is 0 Å². The van der Waals surface area contributed by atoms with Gasteiger partial charge in [-0.15, -0.1) is 0 Å². The number of nitrogens with zero attached hydrogens (tertiary/aromatic N) is 2. The lowest BCUT2D eigenvalue weighted by molar-refractivity contribution is 0.222. The second-order valence-electron chi connectivity index (χ2n) is 7.09. The van der Waals surface area contributed by atoms with Crippen LogP contribution in [0.25, 0.3) is 0 Å². The van der Waals surface area contributed by atoms with Gasteiger partial charge >= 0.3 is 0 Å². The Hall–Kier alpha value is -0.900. The summed E-state index contributed by atoms with van der Waals surface area (Å²) in [4.78, 5) is 4.64. The maximum atomic E-state index is 6.22. The van der Waals surface area contributed by atoms with Crippen molar-refractivity contribution in [3.63, 3.8) is 0 Å². The highest BCUT2D eigenvalue weighted by molar-refractivity contribution is 5.12. The summed E-state index contributed by atoms with van der Waals surface area (Å²) < 4.78 is 5.50. The molecule has 0 amide bonds. The smallest absolute Gasteiger partial charge is 0.234 e. The summed E-state index contributed by atoms with van der Waals surface area (Å²) in [7, 11) is 0. The van der Waals surface area contributed by atoms with Crippen LogP contribution >= 0.6 is 0 Å². The molecule has 1 heterocycles. The molecule has 0 bridgehead atoms. The van der Waals surface area contributed by atoms with Crippen LogP contribution in [0.1, 0.15) is 77.9 Å². The maximum Gasteiger partial charge on any atom is 0.234 e. The van der Waals surface area contributed by atoms with Gasteiger partial charge < -0.3 is 10.3 Å². The van der Waals surface area contributed by atoms with E-state index in [9.17, 15) is 0 Å². The van der Waals surface area contributed by atoms with E-state index in [0.29, 0.717) is 11.8 Å². The molecule has 2 rings (SSSR count). The van der Waals surface area contributed by atoms with E-state index in [2.05, 4.69) is 30.9 Å². The van der Waals surface area contributed by atoms with Gasteiger partial charge in [0.15, 0.2) is 5.82 Å². The van der Waals surface area contributed by atoms with Crippen molar-refractivity contribution in [2.24, 2.45) is 11.7 Å². The normalized spacial score (nSPS) is 24.9. The SMILES string of the molecule is CCC1CCC(c2noc(C(C)(C)C(C)(C)N)n2)C1. The molecule has 4 nitrogen and oxygen atoms in total. The summed E-state index contributed by atoms with van der Waals surface area (Å²) in [5.74, 6) is 2.84. The zero-order valence-corrected chi connectivity index (χ0v) is 12.9. The molecular weight excluding hydrogens is 238 g/mol. The van der Waals surface area contributed by atoms with Gasteiger partial charge in [0.25, 0.3) is 0 Å². The minimum atomic E-state index is -0.390. The Morgan fingerprint density at radius 1 is 1.26 bits per heavy atom. The van der Waals surface area contributed by atoms with Crippen molar-refractivity contribution in [1.82, 2.24) is 10.1 Å². The number of aromatic nitrogens is 2. The quantitative estimate of drug-likeness (QED) is 0.906. The Bertz CT molecular complexity index is 431. The van der Waals surface area contributed by atoms with Crippen LogP contribution in [-0.2, 0) is 5.41 Å². The summed E-state index contributed by atoms with van der Waals surface area (Å²) >= 11 is 0. The molecule has 2 N–H and O–H groups in total. The van der Waals surface area contributed by atoms with E-state index in [1.165, 1.54) is 25.7 Å². The van der Waals surface area contributed by atoms with E-state index in [4.69, 9.17) is 10.3 Å². The van der Waals surface area contributed by atoms with E-state index in [1.807, 2.05) is 13.8 Å². The van der Waals surface area contributed by atoms with Crippen molar-refractivity contribution in [3.8, 4) is 0 Å². The molecule has 0 spiro atoms. The molecule has 19 heavy (non-hydrogen) atoms. The molecule has 0 aliphatic heterocycles. The third-order valence-electron chi connectivity index (χ3n) is 5.07. The summed E-state index contributed by atoms with van der Waals surface area (Å²) in [5.41, 5.74) is 5.51. The van der Waals surface area contributed by atoms with Gasteiger partial charge in [0.2, 0.25) is 5.89 Å². The van der Waals surface area contributed by atoms with Crippen LogP contribution in [0.2, 0.25) is 0 Å². The van der Waals surface area contributed by atoms with E-state index >= 15 is 0 Å². The predicted octanol–water partition coefficient (Wildman–Crippen LogP) is 3.38. The van der Waals surface area contributed by atoms with Gasteiger partial charge in [-0.05, 0) is 52.9 Å². The second-order valence-corrected chi connectivity index (χ2v) is 7.09. The molecule has 0 aromatic carbocycles. The average molecular weight is 265 g/mol. The molecule has 4 heteroatoms. The molecule has 2 atom stereocenters. The standard InChI is InChI=1S/C15H27N3O/c1-6-10-7-8-11(9-10)12-17-13(19-18-12)14(2,3)15(4,5)16/h10-11H,6-9,16H2,1-5H3. The fraction of sp³-hybridized carbons (Fsp3) is 0.867. The lowest BCUT2D eigenvalue weighted by atomic mass is 9.75. The van der Waals surface area contributed by atoms with Crippen molar-refractivity contribution >= 4 is 0 Å². The van der Waals surface area contributed by atoms with Crippen molar-refractivity contribution in [3.05, 3.63) is 11.7 Å². The molecule has 0 radical (unpaired) electrons.